The maximum Gasteiger partial charge on any atom is 0.239 e. The van der Waals surface area contributed by atoms with E-state index in [4.69, 9.17) is 10.5 Å². The molecule has 1 amide bonds. The number of nitrogens with two attached hydrogens (primary N) is 1. The van der Waals surface area contributed by atoms with Crippen LogP contribution in [0.5, 0.6) is 0 Å². The summed E-state index contributed by atoms with van der Waals surface area (Å²) >= 11 is 0. The molecule has 108 valence electrons. The van der Waals surface area contributed by atoms with Crippen molar-refractivity contribution in [3.05, 3.63) is 35.9 Å². The van der Waals surface area contributed by atoms with Crippen molar-refractivity contribution in [3.63, 3.8) is 0 Å². The first kappa shape index (κ1) is 13.6. The van der Waals surface area contributed by atoms with Crippen molar-refractivity contribution in [2.45, 2.75) is 43.9 Å². The monoisotopic (exact) mass is 274 g/mol. The molecule has 3 N–H and O–H groups in total. The number of primary amides is 1. The van der Waals surface area contributed by atoms with Crippen LogP contribution in [0.2, 0.25) is 0 Å². The van der Waals surface area contributed by atoms with Crippen LogP contribution in [0.4, 0.5) is 0 Å². The summed E-state index contributed by atoms with van der Waals surface area (Å²) in [6, 6.07) is 9.63. The van der Waals surface area contributed by atoms with Crippen molar-refractivity contribution in [2.75, 3.05) is 7.11 Å². The molecule has 1 spiro atoms. The first-order valence-electron chi connectivity index (χ1n) is 7.30. The number of hydrogen-bond donors (Lipinski definition) is 2. The highest BCUT2D eigenvalue weighted by Gasteiger charge is 2.59. The number of hydrogen-bond acceptors (Lipinski definition) is 3. The maximum atomic E-state index is 11.8. The molecule has 1 aromatic carbocycles. The van der Waals surface area contributed by atoms with E-state index < -0.39 is 6.04 Å². The van der Waals surface area contributed by atoms with Crippen molar-refractivity contribution in [3.8, 4) is 0 Å². The fourth-order valence-electron chi connectivity index (χ4n) is 3.76. The van der Waals surface area contributed by atoms with Gasteiger partial charge in [0.25, 0.3) is 0 Å². The third kappa shape index (κ3) is 2.03. The average molecular weight is 274 g/mol. The molecular weight excluding hydrogens is 252 g/mol. The molecule has 0 aliphatic heterocycles. The molecule has 2 fully saturated rings. The van der Waals surface area contributed by atoms with Gasteiger partial charge in [0, 0.05) is 18.6 Å². The molecule has 2 aliphatic rings. The number of amides is 1. The predicted molar refractivity (Wildman–Crippen MR) is 77.0 cm³/mol. The molecule has 0 radical (unpaired) electrons. The topological polar surface area (TPSA) is 64.3 Å². The van der Waals surface area contributed by atoms with Crippen LogP contribution in [0.25, 0.3) is 0 Å². The third-order valence-corrected chi connectivity index (χ3v) is 5.14. The summed E-state index contributed by atoms with van der Waals surface area (Å²) in [5.41, 5.74) is 6.75. The molecule has 0 heterocycles. The van der Waals surface area contributed by atoms with Crippen molar-refractivity contribution in [2.24, 2.45) is 11.1 Å². The molecular formula is C16H22N2O2. The number of rotatable bonds is 5. The molecule has 0 bridgehead atoms. The van der Waals surface area contributed by atoms with Crippen LogP contribution in [0, 0.1) is 5.41 Å². The first-order valence-corrected chi connectivity index (χ1v) is 7.30. The lowest BCUT2D eigenvalue weighted by molar-refractivity contribution is -0.165. The highest BCUT2D eigenvalue weighted by molar-refractivity contribution is 5.81. The van der Waals surface area contributed by atoms with Gasteiger partial charge in [-0.3, -0.25) is 10.1 Å². The average Bonchev–Trinajstić information content (AvgIpc) is 2.36. The Balaban J connectivity index is 1.74. The van der Waals surface area contributed by atoms with E-state index in [9.17, 15) is 4.79 Å². The zero-order valence-corrected chi connectivity index (χ0v) is 11.8. The van der Waals surface area contributed by atoms with Crippen LogP contribution in [0.15, 0.2) is 30.3 Å². The molecule has 2 aliphatic carbocycles. The SMILES string of the molecule is COC1CC(NC(C(N)=O)c2ccccc2)C12CCC2. The summed E-state index contributed by atoms with van der Waals surface area (Å²) in [6.07, 6.45) is 4.92. The number of nitrogens with one attached hydrogen (secondary N) is 1. The van der Waals surface area contributed by atoms with Gasteiger partial charge in [0.05, 0.1) is 6.10 Å². The molecule has 2 saturated carbocycles. The lowest BCUT2D eigenvalue weighted by Gasteiger charge is -2.61. The van der Waals surface area contributed by atoms with Gasteiger partial charge in [0.15, 0.2) is 0 Å². The molecule has 1 aromatic rings. The normalized spacial score (nSPS) is 28.4. The van der Waals surface area contributed by atoms with Crippen molar-refractivity contribution in [1.29, 1.82) is 0 Å². The van der Waals surface area contributed by atoms with Gasteiger partial charge in [0.1, 0.15) is 6.04 Å². The van der Waals surface area contributed by atoms with Crippen LogP contribution < -0.4 is 11.1 Å². The minimum absolute atomic E-state index is 0.233. The fourth-order valence-corrected chi connectivity index (χ4v) is 3.76. The minimum atomic E-state index is -0.406. The Morgan fingerprint density at radius 3 is 2.60 bits per heavy atom. The maximum absolute atomic E-state index is 11.8. The van der Waals surface area contributed by atoms with Gasteiger partial charge in [-0.25, -0.2) is 0 Å². The van der Waals surface area contributed by atoms with Gasteiger partial charge >= 0.3 is 0 Å². The van der Waals surface area contributed by atoms with Gasteiger partial charge in [-0.1, -0.05) is 36.8 Å². The summed E-state index contributed by atoms with van der Waals surface area (Å²) in [4.78, 5) is 11.8. The van der Waals surface area contributed by atoms with E-state index in [1.807, 2.05) is 30.3 Å². The number of carbonyl (C=O) groups excluding carboxylic acids is 1. The second-order valence-electron chi connectivity index (χ2n) is 6.01. The summed E-state index contributed by atoms with van der Waals surface area (Å²) in [7, 11) is 1.78. The smallest absolute Gasteiger partial charge is 0.239 e. The summed E-state index contributed by atoms with van der Waals surface area (Å²) in [5.74, 6) is -0.313. The van der Waals surface area contributed by atoms with Crippen molar-refractivity contribution in [1.82, 2.24) is 5.32 Å². The van der Waals surface area contributed by atoms with E-state index in [2.05, 4.69) is 5.32 Å². The number of carbonyl (C=O) groups is 1. The number of methoxy groups -OCH3 is 1. The number of ether oxygens (including phenoxy) is 1. The van der Waals surface area contributed by atoms with Crippen molar-refractivity contribution < 1.29 is 9.53 Å². The second kappa shape index (κ2) is 5.19. The summed E-state index contributed by atoms with van der Waals surface area (Å²) < 4.78 is 5.57. The van der Waals surface area contributed by atoms with Crippen LogP contribution in [-0.4, -0.2) is 25.2 Å². The first-order chi connectivity index (χ1) is 9.67. The van der Waals surface area contributed by atoms with Gasteiger partial charge < -0.3 is 10.5 Å². The van der Waals surface area contributed by atoms with Crippen LogP contribution in [0.3, 0.4) is 0 Å². The van der Waals surface area contributed by atoms with Gasteiger partial charge in [0.2, 0.25) is 5.91 Å². The summed E-state index contributed by atoms with van der Waals surface area (Å²) in [5, 5.41) is 3.47. The zero-order chi connectivity index (χ0) is 14.2. The molecule has 3 rings (SSSR count). The van der Waals surface area contributed by atoms with Crippen LogP contribution >= 0.6 is 0 Å². The van der Waals surface area contributed by atoms with E-state index in [-0.39, 0.29) is 11.3 Å². The quantitative estimate of drug-likeness (QED) is 0.860. The van der Waals surface area contributed by atoms with E-state index in [1.54, 1.807) is 7.11 Å². The lowest BCUT2D eigenvalue weighted by Crippen LogP contribution is -2.67. The highest BCUT2D eigenvalue weighted by Crippen LogP contribution is 2.57. The van der Waals surface area contributed by atoms with Gasteiger partial charge in [-0.2, -0.15) is 0 Å². The van der Waals surface area contributed by atoms with Gasteiger partial charge in [-0.15, -0.1) is 0 Å². The van der Waals surface area contributed by atoms with Gasteiger partial charge in [-0.05, 0) is 24.8 Å². The van der Waals surface area contributed by atoms with E-state index >= 15 is 0 Å². The Morgan fingerprint density at radius 2 is 2.10 bits per heavy atom. The van der Waals surface area contributed by atoms with E-state index in [0.717, 1.165) is 12.0 Å². The predicted octanol–water partition coefficient (Wildman–Crippen LogP) is 1.76. The Bertz CT molecular complexity index is 485. The van der Waals surface area contributed by atoms with Crippen molar-refractivity contribution >= 4 is 5.91 Å². The molecule has 3 unspecified atom stereocenters. The number of benzene rings is 1. The molecule has 0 saturated heterocycles. The molecule has 0 aromatic heterocycles. The molecule has 4 nitrogen and oxygen atoms in total. The fraction of sp³-hybridized carbons (Fsp3) is 0.562. The third-order valence-electron chi connectivity index (χ3n) is 5.14. The lowest BCUT2D eigenvalue weighted by atomic mass is 9.51. The second-order valence-corrected chi connectivity index (χ2v) is 6.01. The Labute approximate surface area is 119 Å². The summed E-state index contributed by atoms with van der Waals surface area (Å²) in [6.45, 7) is 0. The molecule has 4 heteroatoms. The highest BCUT2D eigenvalue weighted by atomic mass is 16.5. The van der Waals surface area contributed by atoms with Crippen LogP contribution in [-0.2, 0) is 9.53 Å². The minimum Gasteiger partial charge on any atom is -0.381 e. The van der Waals surface area contributed by atoms with Crippen LogP contribution in [0.1, 0.15) is 37.3 Å². The Kier molecular flexibility index (Phi) is 3.52. The Hall–Kier alpha value is -1.39. The molecule has 20 heavy (non-hydrogen) atoms. The van der Waals surface area contributed by atoms with E-state index in [0.29, 0.717) is 12.1 Å². The zero-order valence-electron chi connectivity index (χ0n) is 11.8. The molecule has 3 atom stereocenters. The largest absolute Gasteiger partial charge is 0.381 e. The van der Waals surface area contributed by atoms with E-state index in [1.165, 1.54) is 19.3 Å². The Morgan fingerprint density at radius 1 is 1.40 bits per heavy atom. The standard InChI is InChI=1S/C16H22N2O2/c1-20-13-10-12(16(13)8-5-9-16)18-14(15(17)19)11-6-3-2-4-7-11/h2-4,6-7,12-14,18H,5,8-10H2,1H3,(H2,17,19).